The molecule has 2 aliphatic heterocycles. The van der Waals surface area contributed by atoms with Gasteiger partial charge in [0.2, 0.25) is 5.91 Å². The van der Waals surface area contributed by atoms with Gasteiger partial charge in [0, 0.05) is 12.7 Å². The maximum absolute atomic E-state index is 12.1. The number of hydrogen-bond donors (Lipinski definition) is 0. The number of nitrogens with zero attached hydrogens (tertiary/aromatic N) is 1. The third kappa shape index (κ3) is 1.27. The maximum Gasteiger partial charge on any atom is 0.239 e. The summed E-state index contributed by atoms with van der Waals surface area (Å²) in [5.74, 6) is -0.253. The van der Waals surface area contributed by atoms with Crippen molar-refractivity contribution >= 4 is 11.6 Å². The molecule has 1 fully saturated rings. The molecule has 2 heterocycles. The lowest BCUT2D eigenvalue weighted by atomic mass is 10.0. The van der Waals surface area contributed by atoms with Crippen LogP contribution in [0.4, 0.5) is 5.69 Å². The smallest absolute Gasteiger partial charge is 0.239 e. The summed E-state index contributed by atoms with van der Waals surface area (Å²) in [5, 5.41) is 0. The Bertz CT molecular complexity index is 426. The SMILES string of the molecule is CN1C(=O)C(C2OCCO2)c2ccccc21. The number of ether oxygens (including phenoxy) is 2. The summed E-state index contributed by atoms with van der Waals surface area (Å²) in [6, 6.07) is 7.78. The van der Waals surface area contributed by atoms with Crippen LogP contribution in [0.1, 0.15) is 11.5 Å². The molecule has 4 nitrogen and oxygen atoms in total. The Hall–Kier alpha value is -1.39. The van der Waals surface area contributed by atoms with E-state index in [0.29, 0.717) is 13.2 Å². The van der Waals surface area contributed by atoms with Crippen molar-refractivity contribution in [1.29, 1.82) is 0 Å². The van der Waals surface area contributed by atoms with E-state index in [0.717, 1.165) is 11.3 Å². The zero-order valence-electron chi connectivity index (χ0n) is 9.05. The Morgan fingerprint density at radius 1 is 1.25 bits per heavy atom. The summed E-state index contributed by atoms with van der Waals surface area (Å²) in [4.78, 5) is 13.8. The van der Waals surface area contributed by atoms with E-state index in [1.54, 1.807) is 11.9 Å². The van der Waals surface area contributed by atoms with Gasteiger partial charge in [0.1, 0.15) is 5.92 Å². The van der Waals surface area contributed by atoms with Gasteiger partial charge in [-0.1, -0.05) is 18.2 Å². The zero-order valence-corrected chi connectivity index (χ0v) is 9.05. The van der Waals surface area contributed by atoms with E-state index in [1.807, 2.05) is 24.3 Å². The highest BCUT2D eigenvalue weighted by atomic mass is 16.7. The predicted molar refractivity (Wildman–Crippen MR) is 58.3 cm³/mol. The number of hydrogen-bond acceptors (Lipinski definition) is 3. The predicted octanol–water partition coefficient (Wildman–Crippen LogP) is 1.12. The second-order valence-corrected chi connectivity index (χ2v) is 4.04. The first-order chi connectivity index (χ1) is 7.79. The second kappa shape index (κ2) is 3.57. The van der Waals surface area contributed by atoms with Crippen LogP contribution >= 0.6 is 0 Å². The number of likely N-dealkylation sites (N-methyl/N-ethyl adjacent to an activating group) is 1. The van der Waals surface area contributed by atoms with Crippen molar-refractivity contribution in [2.75, 3.05) is 25.2 Å². The van der Waals surface area contributed by atoms with E-state index >= 15 is 0 Å². The summed E-state index contributed by atoms with van der Waals surface area (Å²) >= 11 is 0. The van der Waals surface area contributed by atoms with Gasteiger partial charge in [-0.05, 0) is 11.6 Å². The number of anilines is 1. The molecule has 0 N–H and O–H groups in total. The van der Waals surface area contributed by atoms with E-state index in [9.17, 15) is 4.79 Å². The third-order valence-corrected chi connectivity index (χ3v) is 3.15. The molecule has 0 radical (unpaired) electrons. The average molecular weight is 219 g/mol. The van der Waals surface area contributed by atoms with Crippen LogP contribution < -0.4 is 4.90 Å². The van der Waals surface area contributed by atoms with Crippen LogP contribution in [0, 0.1) is 0 Å². The summed E-state index contributed by atoms with van der Waals surface area (Å²) in [6.45, 7) is 1.14. The Kier molecular flexibility index (Phi) is 2.19. The molecule has 0 saturated carbocycles. The second-order valence-electron chi connectivity index (χ2n) is 4.04. The van der Waals surface area contributed by atoms with Gasteiger partial charge in [-0.2, -0.15) is 0 Å². The number of fused-ring (bicyclic) bond motifs is 1. The monoisotopic (exact) mass is 219 g/mol. The highest BCUT2D eigenvalue weighted by Crippen LogP contribution is 2.39. The van der Waals surface area contributed by atoms with Crippen molar-refractivity contribution in [1.82, 2.24) is 0 Å². The minimum atomic E-state index is -0.418. The summed E-state index contributed by atoms with van der Waals surface area (Å²) in [5.41, 5.74) is 1.96. The summed E-state index contributed by atoms with van der Waals surface area (Å²) < 4.78 is 10.9. The van der Waals surface area contributed by atoms with Crippen LogP contribution in [0.25, 0.3) is 0 Å². The highest BCUT2D eigenvalue weighted by Gasteiger charge is 2.42. The van der Waals surface area contributed by atoms with Crippen LogP contribution in [-0.2, 0) is 14.3 Å². The topological polar surface area (TPSA) is 38.8 Å². The van der Waals surface area contributed by atoms with Gasteiger partial charge in [0.05, 0.1) is 13.2 Å². The van der Waals surface area contributed by atoms with Crippen LogP contribution in [0.3, 0.4) is 0 Å². The molecule has 16 heavy (non-hydrogen) atoms. The van der Waals surface area contributed by atoms with Gasteiger partial charge in [-0.15, -0.1) is 0 Å². The zero-order chi connectivity index (χ0) is 11.1. The van der Waals surface area contributed by atoms with Crippen LogP contribution in [-0.4, -0.2) is 32.5 Å². The number of carbonyl (C=O) groups is 1. The fourth-order valence-electron chi connectivity index (χ4n) is 2.35. The molecule has 4 heteroatoms. The quantitative estimate of drug-likeness (QED) is 0.710. The lowest BCUT2D eigenvalue weighted by molar-refractivity contribution is -0.129. The number of para-hydroxylation sites is 1. The normalized spacial score (nSPS) is 25.2. The first-order valence-corrected chi connectivity index (χ1v) is 5.39. The molecule has 3 rings (SSSR count). The van der Waals surface area contributed by atoms with E-state index < -0.39 is 6.29 Å². The molecule has 1 atom stereocenters. The van der Waals surface area contributed by atoms with Gasteiger partial charge in [-0.3, -0.25) is 4.79 Å². The van der Waals surface area contributed by atoms with Crippen molar-refractivity contribution in [2.45, 2.75) is 12.2 Å². The van der Waals surface area contributed by atoms with Gasteiger partial charge < -0.3 is 14.4 Å². The Morgan fingerprint density at radius 2 is 1.94 bits per heavy atom. The molecule has 2 aliphatic rings. The summed E-state index contributed by atoms with van der Waals surface area (Å²) in [6.07, 6.45) is -0.418. The number of carbonyl (C=O) groups excluding carboxylic acids is 1. The average Bonchev–Trinajstić information content (AvgIpc) is 2.89. The van der Waals surface area contributed by atoms with E-state index in [4.69, 9.17) is 9.47 Å². The van der Waals surface area contributed by atoms with Gasteiger partial charge in [-0.25, -0.2) is 0 Å². The van der Waals surface area contributed by atoms with Gasteiger partial charge >= 0.3 is 0 Å². The molecule has 1 saturated heterocycles. The van der Waals surface area contributed by atoms with E-state index in [1.165, 1.54) is 0 Å². The molecular weight excluding hydrogens is 206 g/mol. The van der Waals surface area contributed by atoms with E-state index in [-0.39, 0.29) is 11.8 Å². The third-order valence-electron chi connectivity index (χ3n) is 3.15. The van der Waals surface area contributed by atoms with Crippen molar-refractivity contribution in [3.05, 3.63) is 29.8 Å². The highest BCUT2D eigenvalue weighted by molar-refractivity contribution is 6.04. The molecule has 1 unspecified atom stereocenters. The van der Waals surface area contributed by atoms with Crippen LogP contribution in [0.5, 0.6) is 0 Å². The molecule has 0 bridgehead atoms. The maximum atomic E-state index is 12.1. The lowest BCUT2D eigenvalue weighted by Crippen LogP contribution is -2.31. The van der Waals surface area contributed by atoms with Gasteiger partial charge in [0.25, 0.3) is 0 Å². The molecule has 84 valence electrons. The molecule has 1 amide bonds. The standard InChI is InChI=1S/C12H13NO3/c1-13-9-5-3-2-4-8(9)10(11(13)14)12-15-6-7-16-12/h2-5,10,12H,6-7H2,1H3. The summed E-state index contributed by atoms with van der Waals surface area (Å²) in [7, 11) is 1.79. The minimum Gasteiger partial charge on any atom is -0.349 e. The van der Waals surface area contributed by atoms with Crippen molar-refractivity contribution in [2.24, 2.45) is 0 Å². The van der Waals surface area contributed by atoms with E-state index in [2.05, 4.69) is 0 Å². The minimum absolute atomic E-state index is 0.0492. The molecule has 1 aromatic rings. The molecule has 0 aromatic heterocycles. The number of rotatable bonds is 1. The molecular formula is C12H13NO3. The molecule has 0 spiro atoms. The number of amides is 1. The fraction of sp³-hybridized carbons (Fsp3) is 0.417. The van der Waals surface area contributed by atoms with Crippen molar-refractivity contribution in [3.63, 3.8) is 0 Å². The molecule has 0 aliphatic carbocycles. The van der Waals surface area contributed by atoms with Crippen molar-refractivity contribution < 1.29 is 14.3 Å². The Labute approximate surface area is 93.8 Å². The Balaban J connectivity index is 2.02. The molecule has 1 aromatic carbocycles. The Morgan fingerprint density at radius 3 is 2.69 bits per heavy atom. The fourth-order valence-corrected chi connectivity index (χ4v) is 2.35. The first-order valence-electron chi connectivity index (χ1n) is 5.39. The van der Waals surface area contributed by atoms with Crippen molar-refractivity contribution in [3.8, 4) is 0 Å². The lowest BCUT2D eigenvalue weighted by Gasteiger charge is -2.16. The van der Waals surface area contributed by atoms with Crippen LogP contribution in [0.2, 0.25) is 0 Å². The number of benzene rings is 1. The largest absolute Gasteiger partial charge is 0.349 e. The van der Waals surface area contributed by atoms with Crippen LogP contribution in [0.15, 0.2) is 24.3 Å². The first kappa shape index (κ1) is 9.81. The van der Waals surface area contributed by atoms with Gasteiger partial charge in [0.15, 0.2) is 6.29 Å².